The Labute approximate surface area is 126 Å². The van der Waals surface area contributed by atoms with Crippen LogP contribution in [0.1, 0.15) is 33.1 Å². The third-order valence-corrected chi connectivity index (χ3v) is 3.59. The molecule has 2 aromatic rings. The summed E-state index contributed by atoms with van der Waals surface area (Å²) < 4.78 is 1.96. The maximum atomic E-state index is 8.98. The topological polar surface area (TPSA) is 67.6 Å². The smallest absolute Gasteiger partial charge is 0.0683 e. The lowest BCUT2D eigenvalue weighted by Gasteiger charge is -2.14. The molecule has 1 aromatic carbocycles. The minimum atomic E-state index is -0.225. The lowest BCUT2D eigenvalue weighted by atomic mass is 9.89. The number of benzene rings is 1. The number of unbranched alkanes of at least 4 members (excludes halogenated alkanes) is 1. The molecule has 0 unspecified atom stereocenters. The molecule has 4 heteroatoms. The van der Waals surface area contributed by atoms with Crippen LogP contribution in [0.2, 0.25) is 0 Å². The van der Waals surface area contributed by atoms with E-state index in [1.54, 1.807) is 0 Å². The molecule has 2 N–H and O–H groups in total. The number of nitriles is 1. The van der Waals surface area contributed by atoms with Gasteiger partial charge in [-0.15, -0.1) is 0 Å². The van der Waals surface area contributed by atoms with Crippen LogP contribution in [0, 0.1) is 16.7 Å². The molecular formula is C17H22N4. The normalized spacial score (nSPS) is 11.3. The van der Waals surface area contributed by atoms with Crippen LogP contribution >= 0.6 is 0 Å². The zero-order valence-corrected chi connectivity index (χ0v) is 12.7. The minimum Gasteiger partial charge on any atom is -0.399 e. The van der Waals surface area contributed by atoms with E-state index in [1.807, 2.05) is 55.2 Å². The molecule has 21 heavy (non-hydrogen) atoms. The van der Waals surface area contributed by atoms with E-state index in [9.17, 15) is 0 Å². The van der Waals surface area contributed by atoms with Crippen LogP contribution in [0.5, 0.6) is 0 Å². The molecule has 0 aliphatic carbocycles. The number of hydrogen-bond acceptors (Lipinski definition) is 3. The second-order valence-electron chi connectivity index (χ2n) is 6.07. The molecule has 0 saturated carbocycles. The molecule has 1 aromatic heterocycles. The predicted molar refractivity (Wildman–Crippen MR) is 85.3 cm³/mol. The van der Waals surface area contributed by atoms with Crippen molar-refractivity contribution in [3.63, 3.8) is 0 Å². The third-order valence-electron chi connectivity index (χ3n) is 3.59. The highest BCUT2D eigenvalue weighted by Crippen LogP contribution is 2.23. The van der Waals surface area contributed by atoms with Crippen molar-refractivity contribution in [1.29, 1.82) is 5.26 Å². The van der Waals surface area contributed by atoms with E-state index in [0.29, 0.717) is 0 Å². The molecule has 0 saturated heterocycles. The summed E-state index contributed by atoms with van der Waals surface area (Å²) in [5.41, 5.74) is 8.51. The van der Waals surface area contributed by atoms with Crippen molar-refractivity contribution in [2.24, 2.45) is 5.41 Å². The lowest BCUT2D eigenvalue weighted by Crippen LogP contribution is -2.08. The molecule has 0 spiro atoms. The van der Waals surface area contributed by atoms with E-state index in [4.69, 9.17) is 11.0 Å². The van der Waals surface area contributed by atoms with Gasteiger partial charge in [0, 0.05) is 24.0 Å². The average molecular weight is 282 g/mol. The van der Waals surface area contributed by atoms with Gasteiger partial charge in [-0.2, -0.15) is 10.4 Å². The molecule has 0 aliphatic rings. The summed E-state index contributed by atoms with van der Waals surface area (Å²) in [7, 11) is 0. The number of nitrogens with zero attached hydrogens (tertiary/aromatic N) is 3. The highest BCUT2D eigenvalue weighted by molar-refractivity contribution is 5.65. The van der Waals surface area contributed by atoms with Crippen LogP contribution in [-0.2, 0) is 6.54 Å². The van der Waals surface area contributed by atoms with E-state index in [-0.39, 0.29) is 5.41 Å². The van der Waals surface area contributed by atoms with Crippen LogP contribution in [-0.4, -0.2) is 9.78 Å². The molecule has 1 heterocycles. The maximum absolute atomic E-state index is 8.98. The molecule has 0 aliphatic heterocycles. The second kappa shape index (κ2) is 6.45. The Hall–Kier alpha value is -2.28. The molecule has 110 valence electrons. The summed E-state index contributed by atoms with van der Waals surface area (Å²) in [5.74, 6) is 0. The summed E-state index contributed by atoms with van der Waals surface area (Å²) in [6.45, 7) is 4.85. The Morgan fingerprint density at radius 3 is 2.81 bits per heavy atom. The predicted octanol–water partition coefficient (Wildman–Crippen LogP) is 3.85. The number of rotatable bonds is 6. The van der Waals surface area contributed by atoms with Gasteiger partial charge in [-0.1, -0.05) is 18.6 Å². The second-order valence-corrected chi connectivity index (χ2v) is 6.07. The monoisotopic (exact) mass is 282 g/mol. The average Bonchev–Trinajstić information content (AvgIpc) is 2.93. The van der Waals surface area contributed by atoms with Crippen molar-refractivity contribution >= 4 is 5.69 Å². The zero-order valence-electron chi connectivity index (χ0n) is 12.7. The van der Waals surface area contributed by atoms with Gasteiger partial charge in [-0.05, 0) is 44.4 Å². The Morgan fingerprint density at radius 1 is 1.29 bits per heavy atom. The Morgan fingerprint density at radius 2 is 2.10 bits per heavy atom. The van der Waals surface area contributed by atoms with Gasteiger partial charge in [0.2, 0.25) is 0 Å². The quantitative estimate of drug-likeness (QED) is 0.646. The highest BCUT2D eigenvalue weighted by Gasteiger charge is 2.15. The summed E-state index contributed by atoms with van der Waals surface area (Å²) in [6, 6.07) is 10.2. The molecule has 0 atom stereocenters. The largest absolute Gasteiger partial charge is 0.399 e. The van der Waals surface area contributed by atoms with Crippen molar-refractivity contribution in [3.05, 3.63) is 36.7 Å². The van der Waals surface area contributed by atoms with Gasteiger partial charge in [-0.25, -0.2) is 0 Å². The summed E-state index contributed by atoms with van der Waals surface area (Å²) in [6.07, 6.45) is 6.91. The van der Waals surface area contributed by atoms with E-state index in [2.05, 4.69) is 11.2 Å². The van der Waals surface area contributed by atoms with Gasteiger partial charge in [0.25, 0.3) is 0 Å². The fraction of sp³-hybridized carbons (Fsp3) is 0.412. The molecule has 4 nitrogen and oxygen atoms in total. The molecule has 2 rings (SSSR count). The summed E-state index contributed by atoms with van der Waals surface area (Å²) >= 11 is 0. The number of nitrogens with two attached hydrogens (primary N) is 1. The summed E-state index contributed by atoms with van der Waals surface area (Å²) in [4.78, 5) is 0. The SMILES string of the molecule is CC(C)(C#N)CCCCn1cc(-c2cccc(N)c2)cn1. The first kappa shape index (κ1) is 15.1. The van der Waals surface area contributed by atoms with Gasteiger partial charge in [0.05, 0.1) is 17.7 Å². The van der Waals surface area contributed by atoms with E-state index < -0.39 is 0 Å². The van der Waals surface area contributed by atoms with Crippen molar-refractivity contribution in [2.75, 3.05) is 5.73 Å². The first-order valence-corrected chi connectivity index (χ1v) is 7.30. The van der Waals surface area contributed by atoms with Gasteiger partial charge in [-0.3, -0.25) is 4.68 Å². The van der Waals surface area contributed by atoms with Crippen molar-refractivity contribution in [1.82, 2.24) is 9.78 Å². The first-order valence-electron chi connectivity index (χ1n) is 7.30. The number of aromatic nitrogens is 2. The van der Waals surface area contributed by atoms with Gasteiger partial charge < -0.3 is 5.73 Å². The molecule has 0 bridgehead atoms. The molecular weight excluding hydrogens is 260 g/mol. The van der Waals surface area contributed by atoms with Gasteiger partial charge >= 0.3 is 0 Å². The number of nitrogen functional groups attached to an aromatic ring is 1. The van der Waals surface area contributed by atoms with Crippen LogP contribution in [0.15, 0.2) is 36.7 Å². The molecule has 0 fully saturated rings. The van der Waals surface area contributed by atoms with Crippen molar-refractivity contribution < 1.29 is 0 Å². The summed E-state index contributed by atoms with van der Waals surface area (Å²) in [5, 5.41) is 13.4. The van der Waals surface area contributed by atoms with Crippen LogP contribution < -0.4 is 5.73 Å². The fourth-order valence-electron chi connectivity index (χ4n) is 2.25. The Bertz CT molecular complexity index is 634. The van der Waals surface area contributed by atoms with E-state index >= 15 is 0 Å². The third kappa shape index (κ3) is 4.35. The zero-order chi connectivity index (χ0) is 15.3. The standard InChI is InChI=1S/C17H22N4/c1-17(2,13-18)8-3-4-9-21-12-15(11-20-21)14-6-5-7-16(19)10-14/h5-7,10-12H,3-4,8-9,19H2,1-2H3. The van der Waals surface area contributed by atoms with Gasteiger partial charge in [0.1, 0.15) is 0 Å². The maximum Gasteiger partial charge on any atom is 0.0683 e. The van der Waals surface area contributed by atoms with Crippen molar-refractivity contribution in [3.8, 4) is 17.2 Å². The Balaban J connectivity index is 1.88. The number of hydrogen-bond donors (Lipinski definition) is 1. The minimum absolute atomic E-state index is 0.225. The van der Waals surface area contributed by atoms with Crippen molar-refractivity contribution in [2.45, 2.75) is 39.7 Å². The fourth-order valence-corrected chi connectivity index (χ4v) is 2.25. The number of aryl methyl sites for hydroxylation is 1. The van der Waals surface area contributed by atoms with Crippen LogP contribution in [0.25, 0.3) is 11.1 Å². The Kier molecular flexibility index (Phi) is 4.64. The van der Waals surface area contributed by atoms with Crippen LogP contribution in [0.3, 0.4) is 0 Å². The molecule has 0 radical (unpaired) electrons. The van der Waals surface area contributed by atoms with E-state index in [0.717, 1.165) is 42.6 Å². The number of anilines is 1. The van der Waals surface area contributed by atoms with Gasteiger partial charge in [0.15, 0.2) is 0 Å². The highest BCUT2D eigenvalue weighted by atomic mass is 15.3. The van der Waals surface area contributed by atoms with Crippen LogP contribution in [0.4, 0.5) is 5.69 Å². The first-order chi connectivity index (χ1) is 10.00. The van der Waals surface area contributed by atoms with E-state index in [1.165, 1.54) is 0 Å². The lowest BCUT2D eigenvalue weighted by molar-refractivity contribution is 0.412. The molecule has 0 amide bonds.